The zero-order valence-corrected chi connectivity index (χ0v) is 6.21. The second-order valence-corrected chi connectivity index (χ2v) is 3.72. The number of aliphatic hydroxyl groups is 1. The first kappa shape index (κ1) is 6.09. The van der Waals surface area contributed by atoms with E-state index in [-0.39, 0.29) is 0 Å². The summed E-state index contributed by atoms with van der Waals surface area (Å²) in [5.74, 6) is 0. The SMILES string of the molecule is OCCc1ccc[se]1. The standard InChI is InChI=1S/C6H8OSe/c7-4-3-6-2-1-5-8-6/h1-2,5,7H,3-4H2. The maximum atomic E-state index is 8.47. The fourth-order valence-electron chi connectivity index (χ4n) is 0.565. The Labute approximate surface area is 54.7 Å². The van der Waals surface area contributed by atoms with Crippen LogP contribution in [0.15, 0.2) is 17.1 Å². The van der Waals surface area contributed by atoms with Gasteiger partial charge >= 0.3 is 54.1 Å². The molecule has 0 amide bonds. The molecule has 8 heavy (non-hydrogen) atoms. The second-order valence-electron chi connectivity index (χ2n) is 1.55. The summed E-state index contributed by atoms with van der Waals surface area (Å²) < 4.78 is 1.40. The van der Waals surface area contributed by atoms with Crippen molar-refractivity contribution < 1.29 is 5.11 Å². The molecule has 0 unspecified atom stereocenters. The van der Waals surface area contributed by atoms with E-state index in [1.807, 2.05) is 0 Å². The van der Waals surface area contributed by atoms with Gasteiger partial charge in [-0.2, -0.15) is 0 Å². The van der Waals surface area contributed by atoms with Crippen molar-refractivity contribution in [3.63, 3.8) is 0 Å². The Hall–Kier alpha value is -0.0405. The third-order valence-corrected chi connectivity index (χ3v) is 2.90. The van der Waals surface area contributed by atoms with Crippen molar-refractivity contribution >= 4 is 14.5 Å². The van der Waals surface area contributed by atoms with Gasteiger partial charge in [-0.25, -0.2) is 0 Å². The van der Waals surface area contributed by atoms with E-state index >= 15 is 0 Å². The summed E-state index contributed by atoms with van der Waals surface area (Å²) in [5, 5.41) is 8.47. The van der Waals surface area contributed by atoms with Crippen LogP contribution in [0.3, 0.4) is 0 Å². The molecule has 1 aromatic heterocycles. The predicted octanol–water partition coefficient (Wildman–Crippen LogP) is 0.278. The number of rotatable bonds is 2. The fraction of sp³-hybridized carbons (Fsp3) is 0.333. The van der Waals surface area contributed by atoms with E-state index in [9.17, 15) is 0 Å². The molecule has 44 valence electrons. The van der Waals surface area contributed by atoms with Gasteiger partial charge in [0.2, 0.25) is 0 Å². The molecule has 1 rings (SSSR count). The summed E-state index contributed by atoms with van der Waals surface area (Å²) in [5.41, 5.74) is 0. The van der Waals surface area contributed by atoms with E-state index in [1.54, 1.807) is 0 Å². The van der Waals surface area contributed by atoms with Crippen LogP contribution < -0.4 is 0 Å². The van der Waals surface area contributed by atoms with E-state index in [0.717, 1.165) is 6.42 Å². The molecule has 0 aliphatic rings. The molecule has 1 heterocycles. The monoisotopic (exact) mass is 176 g/mol. The van der Waals surface area contributed by atoms with Gasteiger partial charge in [-0.05, 0) is 0 Å². The molecule has 0 radical (unpaired) electrons. The summed E-state index contributed by atoms with van der Waals surface area (Å²) in [6.07, 6.45) is 0.868. The van der Waals surface area contributed by atoms with Gasteiger partial charge in [0.05, 0.1) is 0 Å². The van der Waals surface area contributed by atoms with Gasteiger partial charge in [0, 0.05) is 0 Å². The van der Waals surface area contributed by atoms with Gasteiger partial charge in [0.15, 0.2) is 0 Å². The molecule has 0 bridgehead atoms. The van der Waals surface area contributed by atoms with Gasteiger partial charge in [0.1, 0.15) is 0 Å². The van der Waals surface area contributed by atoms with Gasteiger partial charge < -0.3 is 0 Å². The average molecular weight is 175 g/mol. The van der Waals surface area contributed by atoms with Crippen molar-refractivity contribution in [1.82, 2.24) is 0 Å². The topological polar surface area (TPSA) is 20.2 Å². The molecule has 2 heteroatoms. The van der Waals surface area contributed by atoms with E-state index < -0.39 is 0 Å². The van der Waals surface area contributed by atoms with E-state index in [4.69, 9.17) is 5.11 Å². The summed E-state index contributed by atoms with van der Waals surface area (Å²) >= 11 is 0.558. The maximum absolute atomic E-state index is 8.47. The summed E-state index contributed by atoms with van der Waals surface area (Å²) in [4.78, 5) is 2.16. The van der Waals surface area contributed by atoms with Crippen LogP contribution in [0.2, 0.25) is 0 Å². The van der Waals surface area contributed by atoms with Crippen LogP contribution in [0.25, 0.3) is 0 Å². The second kappa shape index (κ2) is 3.08. The van der Waals surface area contributed by atoms with Crippen LogP contribution in [-0.4, -0.2) is 26.2 Å². The first-order valence-electron chi connectivity index (χ1n) is 2.56. The molecule has 0 aliphatic carbocycles. The molecule has 0 saturated carbocycles. The van der Waals surface area contributed by atoms with Crippen molar-refractivity contribution in [2.75, 3.05) is 6.61 Å². The Balaban J connectivity index is 2.50. The molecule has 0 atom stereocenters. The van der Waals surface area contributed by atoms with E-state index in [0.29, 0.717) is 21.1 Å². The third kappa shape index (κ3) is 1.48. The minimum absolute atomic E-state index is 0.301. The Bertz CT molecular complexity index is 134. The molecular formula is C6H8OSe. The van der Waals surface area contributed by atoms with Crippen LogP contribution in [0.4, 0.5) is 0 Å². The Morgan fingerprint density at radius 2 is 2.50 bits per heavy atom. The van der Waals surface area contributed by atoms with Gasteiger partial charge in [-0.3, -0.25) is 0 Å². The van der Waals surface area contributed by atoms with Crippen molar-refractivity contribution in [3.8, 4) is 0 Å². The zero-order valence-electron chi connectivity index (χ0n) is 4.50. The Morgan fingerprint density at radius 3 is 3.00 bits per heavy atom. The predicted molar refractivity (Wildman–Crippen MR) is 34.2 cm³/mol. The molecule has 0 aromatic carbocycles. The first-order valence-corrected chi connectivity index (χ1v) is 4.41. The summed E-state index contributed by atoms with van der Waals surface area (Å²) in [6, 6.07) is 4.15. The van der Waals surface area contributed by atoms with Crippen molar-refractivity contribution in [2.24, 2.45) is 0 Å². The minimum atomic E-state index is 0.301. The van der Waals surface area contributed by atoms with Crippen molar-refractivity contribution in [2.45, 2.75) is 6.42 Å². The molecule has 0 aliphatic heterocycles. The fourth-order valence-corrected chi connectivity index (χ4v) is 2.03. The van der Waals surface area contributed by atoms with E-state index in [1.165, 1.54) is 4.44 Å². The zero-order chi connectivity index (χ0) is 5.82. The van der Waals surface area contributed by atoms with Crippen LogP contribution in [0, 0.1) is 0 Å². The van der Waals surface area contributed by atoms with Crippen LogP contribution in [0.1, 0.15) is 4.44 Å². The quantitative estimate of drug-likeness (QED) is 0.640. The molecule has 0 fully saturated rings. The van der Waals surface area contributed by atoms with E-state index in [2.05, 4.69) is 17.1 Å². The first-order chi connectivity index (χ1) is 3.93. The number of hydrogen-bond acceptors (Lipinski definition) is 1. The number of aliphatic hydroxyl groups excluding tert-OH is 1. The summed E-state index contributed by atoms with van der Waals surface area (Å²) in [7, 11) is 0. The summed E-state index contributed by atoms with van der Waals surface area (Å²) in [6.45, 7) is 0.301. The van der Waals surface area contributed by atoms with Gasteiger partial charge in [-0.15, -0.1) is 0 Å². The Morgan fingerprint density at radius 1 is 1.62 bits per heavy atom. The average Bonchev–Trinajstić information content (AvgIpc) is 2.19. The normalized spacial score (nSPS) is 9.62. The molecule has 1 N–H and O–H groups in total. The van der Waals surface area contributed by atoms with Crippen molar-refractivity contribution in [1.29, 1.82) is 0 Å². The van der Waals surface area contributed by atoms with Crippen LogP contribution >= 0.6 is 0 Å². The molecule has 0 spiro atoms. The van der Waals surface area contributed by atoms with Crippen LogP contribution in [0.5, 0.6) is 0 Å². The Kier molecular flexibility index (Phi) is 2.34. The van der Waals surface area contributed by atoms with Crippen LogP contribution in [-0.2, 0) is 6.42 Å². The third-order valence-electron chi connectivity index (χ3n) is 0.938. The molecular weight excluding hydrogens is 167 g/mol. The van der Waals surface area contributed by atoms with Gasteiger partial charge in [-0.1, -0.05) is 0 Å². The van der Waals surface area contributed by atoms with Gasteiger partial charge in [0.25, 0.3) is 0 Å². The molecule has 1 aromatic rings. The molecule has 0 saturated heterocycles. The molecule has 1 nitrogen and oxygen atoms in total. The number of hydrogen-bond donors (Lipinski definition) is 1. The van der Waals surface area contributed by atoms with Crippen molar-refractivity contribution in [3.05, 3.63) is 21.5 Å².